The Morgan fingerprint density at radius 2 is 2.35 bits per heavy atom. The quantitative estimate of drug-likeness (QED) is 0.860. The largest absolute Gasteiger partial charge is 0.391 e. The minimum Gasteiger partial charge on any atom is -0.391 e. The normalized spacial score (nSPS) is 19.6. The van der Waals surface area contributed by atoms with Gasteiger partial charge in [-0.3, -0.25) is 4.79 Å². The molecule has 0 aromatic heterocycles. The van der Waals surface area contributed by atoms with Gasteiger partial charge in [0.15, 0.2) is 0 Å². The van der Waals surface area contributed by atoms with Gasteiger partial charge in [-0.2, -0.15) is 0 Å². The average molecular weight is 233 g/mol. The van der Waals surface area contributed by atoms with E-state index in [1.54, 1.807) is 4.90 Å². The number of carbonyl (C=O) groups is 1. The Kier molecular flexibility index (Phi) is 3.79. The van der Waals surface area contributed by atoms with Crippen LogP contribution in [0.5, 0.6) is 0 Å². The first-order chi connectivity index (χ1) is 8.15. The van der Waals surface area contributed by atoms with E-state index in [-0.39, 0.29) is 12.0 Å². The van der Waals surface area contributed by atoms with Crippen LogP contribution in [-0.4, -0.2) is 35.1 Å². The van der Waals surface area contributed by atoms with Gasteiger partial charge in [0.25, 0.3) is 0 Å². The molecule has 0 bridgehead atoms. The van der Waals surface area contributed by atoms with Gasteiger partial charge in [0.1, 0.15) is 0 Å². The molecule has 1 atom stereocenters. The molecule has 3 nitrogen and oxygen atoms in total. The predicted octanol–water partition coefficient (Wildman–Crippen LogP) is 1.52. The Morgan fingerprint density at radius 3 is 3.00 bits per heavy atom. The SMILES string of the molecule is Cc1cccc(CCC(=O)N2CCC(O)C2)c1. The molecule has 1 N–H and O–H groups in total. The summed E-state index contributed by atoms with van der Waals surface area (Å²) < 4.78 is 0. The second-order valence-corrected chi connectivity index (χ2v) is 4.77. The highest BCUT2D eigenvalue weighted by molar-refractivity contribution is 5.76. The highest BCUT2D eigenvalue weighted by atomic mass is 16.3. The van der Waals surface area contributed by atoms with Crippen LogP contribution in [0.4, 0.5) is 0 Å². The number of hydrogen-bond acceptors (Lipinski definition) is 2. The number of carbonyl (C=O) groups excluding carboxylic acids is 1. The van der Waals surface area contributed by atoms with Crippen LogP contribution in [0.2, 0.25) is 0 Å². The van der Waals surface area contributed by atoms with E-state index in [1.165, 1.54) is 11.1 Å². The van der Waals surface area contributed by atoms with Gasteiger partial charge in [-0.1, -0.05) is 29.8 Å². The molecular formula is C14H19NO2. The van der Waals surface area contributed by atoms with Crippen molar-refractivity contribution in [2.45, 2.75) is 32.3 Å². The number of nitrogens with zero attached hydrogens (tertiary/aromatic N) is 1. The topological polar surface area (TPSA) is 40.5 Å². The van der Waals surface area contributed by atoms with E-state index in [9.17, 15) is 9.90 Å². The van der Waals surface area contributed by atoms with E-state index in [4.69, 9.17) is 0 Å². The average Bonchev–Trinajstić information content (AvgIpc) is 2.73. The fourth-order valence-electron chi connectivity index (χ4n) is 2.25. The molecule has 1 aromatic rings. The van der Waals surface area contributed by atoms with Gasteiger partial charge in [-0.15, -0.1) is 0 Å². The maximum atomic E-state index is 11.9. The van der Waals surface area contributed by atoms with Crippen molar-refractivity contribution < 1.29 is 9.90 Å². The van der Waals surface area contributed by atoms with Crippen molar-refractivity contribution >= 4 is 5.91 Å². The molecular weight excluding hydrogens is 214 g/mol. The molecule has 17 heavy (non-hydrogen) atoms. The van der Waals surface area contributed by atoms with Crippen molar-refractivity contribution in [3.05, 3.63) is 35.4 Å². The summed E-state index contributed by atoms with van der Waals surface area (Å²) in [5.41, 5.74) is 2.43. The van der Waals surface area contributed by atoms with Crippen LogP contribution in [0.3, 0.4) is 0 Å². The van der Waals surface area contributed by atoms with Crippen molar-refractivity contribution in [3.8, 4) is 0 Å². The summed E-state index contributed by atoms with van der Waals surface area (Å²) in [5.74, 6) is 0.156. The van der Waals surface area contributed by atoms with E-state index in [0.29, 0.717) is 19.5 Å². The number of rotatable bonds is 3. The molecule has 2 rings (SSSR count). The van der Waals surface area contributed by atoms with E-state index in [1.807, 2.05) is 6.07 Å². The van der Waals surface area contributed by atoms with E-state index < -0.39 is 0 Å². The first-order valence-electron chi connectivity index (χ1n) is 6.16. The number of hydrogen-bond donors (Lipinski definition) is 1. The van der Waals surface area contributed by atoms with Crippen molar-refractivity contribution in [3.63, 3.8) is 0 Å². The molecule has 1 aliphatic rings. The fourth-order valence-corrected chi connectivity index (χ4v) is 2.25. The Bertz CT molecular complexity index is 403. The zero-order chi connectivity index (χ0) is 12.3. The standard InChI is InChI=1S/C14H19NO2/c1-11-3-2-4-12(9-11)5-6-14(17)15-8-7-13(16)10-15/h2-4,9,13,16H,5-8,10H2,1H3. The van der Waals surface area contributed by atoms with Gasteiger partial charge >= 0.3 is 0 Å². The van der Waals surface area contributed by atoms with Crippen LogP contribution in [0.1, 0.15) is 24.0 Å². The molecule has 3 heteroatoms. The van der Waals surface area contributed by atoms with E-state index in [2.05, 4.69) is 25.1 Å². The molecule has 0 radical (unpaired) electrons. The van der Waals surface area contributed by atoms with Gasteiger partial charge in [-0.05, 0) is 25.3 Å². The van der Waals surface area contributed by atoms with Gasteiger partial charge in [0, 0.05) is 19.5 Å². The molecule has 0 spiro atoms. The van der Waals surface area contributed by atoms with Crippen molar-refractivity contribution in [1.82, 2.24) is 4.90 Å². The maximum absolute atomic E-state index is 11.9. The van der Waals surface area contributed by atoms with Crippen molar-refractivity contribution in [2.75, 3.05) is 13.1 Å². The first-order valence-corrected chi connectivity index (χ1v) is 6.16. The number of likely N-dealkylation sites (tertiary alicyclic amines) is 1. The van der Waals surface area contributed by atoms with Crippen LogP contribution in [0, 0.1) is 6.92 Å². The van der Waals surface area contributed by atoms with Crippen LogP contribution >= 0.6 is 0 Å². The van der Waals surface area contributed by atoms with E-state index >= 15 is 0 Å². The third-order valence-corrected chi connectivity index (χ3v) is 3.23. The van der Waals surface area contributed by atoms with Gasteiger partial charge < -0.3 is 10.0 Å². The molecule has 0 saturated carbocycles. The predicted molar refractivity (Wildman–Crippen MR) is 66.7 cm³/mol. The van der Waals surface area contributed by atoms with Gasteiger partial charge in [0.05, 0.1) is 6.10 Å². The highest BCUT2D eigenvalue weighted by Crippen LogP contribution is 2.12. The monoisotopic (exact) mass is 233 g/mol. The molecule has 1 aromatic carbocycles. The zero-order valence-corrected chi connectivity index (χ0v) is 10.2. The highest BCUT2D eigenvalue weighted by Gasteiger charge is 2.23. The second kappa shape index (κ2) is 5.32. The Hall–Kier alpha value is -1.35. The lowest BCUT2D eigenvalue weighted by Crippen LogP contribution is -2.29. The molecule has 92 valence electrons. The molecule has 1 heterocycles. The summed E-state index contributed by atoms with van der Waals surface area (Å²) in [6.07, 6.45) is 1.72. The minimum atomic E-state index is -0.321. The summed E-state index contributed by atoms with van der Waals surface area (Å²) in [7, 11) is 0. The summed E-state index contributed by atoms with van der Waals surface area (Å²) in [5, 5.41) is 9.38. The number of aliphatic hydroxyl groups excluding tert-OH is 1. The number of aryl methyl sites for hydroxylation is 2. The lowest BCUT2D eigenvalue weighted by atomic mass is 10.1. The van der Waals surface area contributed by atoms with Crippen molar-refractivity contribution in [1.29, 1.82) is 0 Å². The molecule has 1 aliphatic heterocycles. The molecule has 1 saturated heterocycles. The molecule has 1 amide bonds. The second-order valence-electron chi connectivity index (χ2n) is 4.77. The van der Waals surface area contributed by atoms with Gasteiger partial charge in [-0.25, -0.2) is 0 Å². The molecule has 1 fully saturated rings. The number of benzene rings is 1. The van der Waals surface area contributed by atoms with Crippen LogP contribution < -0.4 is 0 Å². The van der Waals surface area contributed by atoms with E-state index in [0.717, 1.165) is 12.8 Å². The number of β-amino-alcohol motifs (C(OH)–C–C–N with tert-alkyl or cyclic N) is 1. The first kappa shape index (κ1) is 12.1. The fraction of sp³-hybridized carbons (Fsp3) is 0.500. The summed E-state index contributed by atoms with van der Waals surface area (Å²) >= 11 is 0. The Morgan fingerprint density at radius 1 is 1.53 bits per heavy atom. The lowest BCUT2D eigenvalue weighted by Gasteiger charge is -2.15. The third-order valence-electron chi connectivity index (χ3n) is 3.23. The molecule has 1 unspecified atom stereocenters. The number of amides is 1. The van der Waals surface area contributed by atoms with Gasteiger partial charge in [0.2, 0.25) is 5.91 Å². The van der Waals surface area contributed by atoms with Crippen molar-refractivity contribution in [2.24, 2.45) is 0 Å². The lowest BCUT2D eigenvalue weighted by molar-refractivity contribution is -0.130. The Labute approximate surface area is 102 Å². The molecule has 0 aliphatic carbocycles. The number of aliphatic hydroxyl groups is 1. The van der Waals surface area contributed by atoms with Crippen LogP contribution in [-0.2, 0) is 11.2 Å². The summed E-state index contributed by atoms with van der Waals surface area (Å²) in [6.45, 7) is 3.27. The van der Waals surface area contributed by atoms with Crippen LogP contribution in [0.15, 0.2) is 24.3 Å². The minimum absolute atomic E-state index is 0.156. The summed E-state index contributed by atoms with van der Waals surface area (Å²) in [6, 6.07) is 8.25. The van der Waals surface area contributed by atoms with Crippen LogP contribution in [0.25, 0.3) is 0 Å². The third kappa shape index (κ3) is 3.30. The zero-order valence-electron chi connectivity index (χ0n) is 10.2. The Balaban J connectivity index is 1.84. The summed E-state index contributed by atoms with van der Waals surface area (Å²) in [4.78, 5) is 13.6. The maximum Gasteiger partial charge on any atom is 0.222 e. The smallest absolute Gasteiger partial charge is 0.222 e.